The van der Waals surface area contributed by atoms with E-state index in [-0.39, 0.29) is 24.1 Å². The molecule has 0 spiro atoms. The highest BCUT2D eigenvalue weighted by atomic mass is 127. The number of nitrogens with one attached hydrogen (secondary N) is 1. The minimum atomic E-state index is -0.832. The summed E-state index contributed by atoms with van der Waals surface area (Å²) >= 11 is 1.98. The fraction of sp³-hybridized carbons (Fsp3) is 0.385. The molecule has 0 aromatic heterocycles. The Bertz CT molecular complexity index is 476. The van der Waals surface area contributed by atoms with Gasteiger partial charge in [-0.3, -0.25) is 9.59 Å². The molecule has 19 heavy (non-hydrogen) atoms. The topological polar surface area (TPSA) is 86.6 Å². The van der Waals surface area contributed by atoms with Crippen LogP contribution in [-0.4, -0.2) is 28.1 Å². The average Bonchev–Trinajstić information content (AvgIpc) is 2.32. The minimum absolute atomic E-state index is 0.0757. The smallest absolute Gasteiger partial charge is 0.303 e. The summed E-state index contributed by atoms with van der Waals surface area (Å²) in [5, 5.41) is 20.8. The lowest BCUT2D eigenvalue weighted by molar-refractivity contribution is -0.137. The van der Waals surface area contributed by atoms with Gasteiger partial charge in [0.15, 0.2) is 0 Å². The highest BCUT2D eigenvalue weighted by molar-refractivity contribution is 14.1. The van der Waals surface area contributed by atoms with Crippen LogP contribution in [0.1, 0.15) is 36.5 Å². The molecule has 1 amide bonds. The van der Waals surface area contributed by atoms with Crippen LogP contribution in [0.5, 0.6) is 5.75 Å². The number of benzene rings is 1. The van der Waals surface area contributed by atoms with Gasteiger partial charge in [0.05, 0.1) is 3.57 Å². The monoisotopic (exact) mass is 377 g/mol. The molecule has 0 heterocycles. The zero-order chi connectivity index (χ0) is 14.4. The largest absolute Gasteiger partial charge is 0.507 e. The summed E-state index contributed by atoms with van der Waals surface area (Å²) in [6.45, 7) is 1.83. The summed E-state index contributed by atoms with van der Waals surface area (Å²) in [6, 6.07) is 4.62. The minimum Gasteiger partial charge on any atom is -0.507 e. The average molecular weight is 377 g/mol. The highest BCUT2D eigenvalue weighted by Crippen LogP contribution is 2.20. The Hall–Kier alpha value is -1.31. The van der Waals surface area contributed by atoms with Crippen molar-refractivity contribution in [1.29, 1.82) is 0 Å². The van der Waals surface area contributed by atoms with Crippen molar-refractivity contribution < 1.29 is 19.8 Å². The lowest BCUT2D eigenvalue weighted by Gasteiger charge is -2.13. The first-order valence-electron chi connectivity index (χ1n) is 5.91. The first-order valence-corrected chi connectivity index (χ1v) is 6.99. The maximum absolute atomic E-state index is 11.9. The molecule has 0 radical (unpaired) electrons. The summed E-state index contributed by atoms with van der Waals surface area (Å²) in [4.78, 5) is 22.3. The molecule has 0 aliphatic rings. The Morgan fingerprint density at radius 1 is 1.42 bits per heavy atom. The predicted octanol–water partition coefficient (Wildman–Crippen LogP) is 2.37. The zero-order valence-electron chi connectivity index (χ0n) is 10.5. The van der Waals surface area contributed by atoms with Crippen LogP contribution in [0, 0.1) is 3.57 Å². The van der Waals surface area contributed by atoms with Crippen molar-refractivity contribution >= 4 is 34.5 Å². The van der Waals surface area contributed by atoms with E-state index >= 15 is 0 Å². The number of carbonyl (C=O) groups is 2. The van der Waals surface area contributed by atoms with E-state index in [9.17, 15) is 14.7 Å². The molecule has 1 rings (SSSR count). The number of rotatable bonds is 6. The number of carboxylic acid groups (broad SMARTS) is 1. The number of hydrogen-bond acceptors (Lipinski definition) is 3. The number of carbonyl (C=O) groups excluding carboxylic acids is 1. The Morgan fingerprint density at radius 2 is 2.11 bits per heavy atom. The van der Waals surface area contributed by atoms with E-state index in [0.29, 0.717) is 22.0 Å². The number of amides is 1. The quantitative estimate of drug-likeness (QED) is 0.665. The molecule has 0 aliphatic heterocycles. The molecular formula is C13H16INO4. The molecule has 1 aromatic carbocycles. The molecule has 1 aromatic rings. The van der Waals surface area contributed by atoms with E-state index in [4.69, 9.17) is 5.11 Å². The zero-order valence-corrected chi connectivity index (χ0v) is 12.7. The Balaban J connectivity index is 2.49. The number of carboxylic acids is 1. The van der Waals surface area contributed by atoms with Gasteiger partial charge in [-0.25, -0.2) is 0 Å². The van der Waals surface area contributed by atoms with Crippen LogP contribution in [0.3, 0.4) is 0 Å². The van der Waals surface area contributed by atoms with Crippen LogP contribution in [0.15, 0.2) is 18.2 Å². The number of aromatic hydroxyl groups is 1. The van der Waals surface area contributed by atoms with Crippen molar-refractivity contribution in [3.05, 3.63) is 27.3 Å². The van der Waals surface area contributed by atoms with Gasteiger partial charge in [0.25, 0.3) is 5.91 Å². The van der Waals surface area contributed by atoms with Crippen LogP contribution in [-0.2, 0) is 4.79 Å². The molecule has 0 saturated heterocycles. The second-order valence-corrected chi connectivity index (χ2v) is 5.49. The van der Waals surface area contributed by atoms with Crippen molar-refractivity contribution in [1.82, 2.24) is 5.32 Å². The summed E-state index contributed by atoms with van der Waals surface area (Å²) < 4.78 is 0.684. The van der Waals surface area contributed by atoms with E-state index in [1.54, 1.807) is 12.1 Å². The van der Waals surface area contributed by atoms with Gasteiger partial charge in [-0.2, -0.15) is 0 Å². The van der Waals surface area contributed by atoms with Gasteiger partial charge in [-0.1, -0.05) is 0 Å². The molecule has 0 saturated carbocycles. The van der Waals surface area contributed by atoms with Crippen LogP contribution in [0.4, 0.5) is 0 Å². The number of halogens is 1. The van der Waals surface area contributed by atoms with Gasteiger partial charge in [0, 0.05) is 18.0 Å². The van der Waals surface area contributed by atoms with E-state index in [1.807, 2.05) is 29.5 Å². The predicted molar refractivity (Wildman–Crippen MR) is 79.2 cm³/mol. The molecular weight excluding hydrogens is 361 g/mol. The first-order chi connectivity index (χ1) is 8.90. The third-order valence-corrected chi connectivity index (χ3v) is 3.53. The summed E-state index contributed by atoms with van der Waals surface area (Å²) in [5.41, 5.74) is 0.392. The maximum Gasteiger partial charge on any atom is 0.303 e. The van der Waals surface area contributed by atoms with Gasteiger partial charge in [0.2, 0.25) is 0 Å². The summed E-state index contributed by atoms with van der Waals surface area (Å²) in [5.74, 6) is -1.03. The molecule has 0 fully saturated rings. The molecule has 104 valence electrons. The fourth-order valence-electron chi connectivity index (χ4n) is 1.59. The van der Waals surface area contributed by atoms with Crippen LogP contribution < -0.4 is 5.32 Å². The third kappa shape index (κ3) is 5.46. The second-order valence-electron chi connectivity index (χ2n) is 4.33. The third-order valence-electron chi connectivity index (χ3n) is 2.61. The maximum atomic E-state index is 11.9. The molecule has 0 aliphatic carbocycles. The van der Waals surface area contributed by atoms with Gasteiger partial charge in [0.1, 0.15) is 5.75 Å². The number of phenols is 1. The number of hydrogen-bond donors (Lipinski definition) is 3. The normalized spacial score (nSPS) is 11.9. The Kier molecular flexibility index (Phi) is 6.07. The van der Waals surface area contributed by atoms with Crippen molar-refractivity contribution in [2.75, 3.05) is 0 Å². The SMILES string of the molecule is CC(CCCC(=O)O)NC(=O)c1ccc(I)c(O)c1. The van der Waals surface area contributed by atoms with Gasteiger partial charge < -0.3 is 15.5 Å². The van der Waals surface area contributed by atoms with E-state index in [2.05, 4.69) is 5.32 Å². The number of aliphatic carboxylic acids is 1. The Morgan fingerprint density at radius 3 is 2.68 bits per heavy atom. The molecule has 0 bridgehead atoms. The molecule has 3 N–H and O–H groups in total. The molecule has 1 unspecified atom stereocenters. The number of phenolic OH excluding ortho intramolecular Hbond substituents is 1. The standard InChI is InChI=1S/C13H16INO4/c1-8(3-2-4-12(17)18)15-13(19)9-5-6-10(14)11(16)7-9/h5-8,16H,2-4H2,1H3,(H,15,19)(H,17,18). The highest BCUT2D eigenvalue weighted by Gasteiger charge is 2.11. The van der Waals surface area contributed by atoms with Crippen LogP contribution in [0.25, 0.3) is 0 Å². The molecule has 5 nitrogen and oxygen atoms in total. The Labute approximate surface area is 125 Å². The van der Waals surface area contributed by atoms with Crippen molar-refractivity contribution in [3.8, 4) is 5.75 Å². The molecule has 1 atom stereocenters. The van der Waals surface area contributed by atoms with Crippen molar-refractivity contribution in [2.45, 2.75) is 32.2 Å². The first kappa shape index (κ1) is 15.7. The van der Waals surface area contributed by atoms with Crippen molar-refractivity contribution in [3.63, 3.8) is 0 Å². The second kappa shape index (κ2) is 7.32. The summed E-state index contributed by atoms with van der Waals surface area (Å²) in [7, 11) is 0. The summed E-state index contributed by atoms with van der Waals surface area (Å²) in [6.07, 6.45) is 1.23. The van der Waals surface area contributed by atoms with E-state index in [0.717, 1.165) is 0 Å². The lowest BCUT2D eigenvalue weighted by Crippen LogP contribution is -2.32. The van der Waals surface area contributed by atoms with Gasteiger partial charge in [-0.15, -0.1) is 0 Å². The van der Waals surface area contributed by atoms with E-state index in [1.165, 1.54) is 6.07 Å². The van der Waals surface area contributed by atoms with E-state index < -0.39 is 5.97 Å². The van der Waals surface area contributed by atoms with Crippen LogP contribution in [0.2, 0.25) is 0 Å². The van der Waals surface area contributed by atoms with Gasteiger partial charge in [-0.05, 0) is 60.6 Å². The fourth-order valence-corrected chi connectivity index (χ4v) is 1.93. The molecule has 6 heteroatoms. The van der Waals surface area contributed by atoms with Gasteiger partial charge >= 0.3 is 5.97 Å². The van der Waals surface area contributed by atoms with Crippen LogP contribution >= 0.6 is 22.6 Å². The lowest BCUT2D eigenvalue weighted by atomic mass is 10.1. The van der Waals surface area contributed by atoms with Crippen molar-refractivity contribution in [2.24, 2.45) is 0 Å².